The first-order valence-corrected chi connectivity index (χ1v) is 7.47. The number of aliphatic hydroxyl groups is 1. The molecule has 122 valence electrons. The molecule has 0 radical (unpaired) electrons. The standard InChI is InChI=1S/C18H18FNO.CH4O/c1-11-9-12(2)16-15(10-11)21-18(3,4)20-17(16)13-5-7-14(19)8-6-13;1-2/h5-10H,1-4H3;2H,1H3. The fourth-order valence-corrected chi connectivity index (χ4v) is 2.75. The van der Waals surface area contributed by atoms with Crippen LogP contribution in [-0.2, 0) is 0 Å². The molecule has 1 N–H and O–H groups in total. The van der Waals surface area contributed by atoms with Crippen LogP contribution >= 0.6 is 0 Å². The van der Waals surface area contributed by atoms with Crippen molar-refractivity contribution in [1.29, 1.82) is 0 Å². The number of nitrogens with zero attached hydrogens (tertiary/aromatic N) is 1. The molecule has 0 aliphatic carbocycles. The quantitative estimate of drug-likeness (QED) is 0.863. The zero-order valence-electron chi connectivity index (χ0n) is 14.1. The molecule has 1 aliphatic rings. The lowest BCUT2D eigenvalue weighted by Crippen LogP contribution is -2.33. The van der Waals surface area contributed by atoms with Gasteiger partial charge in [0.25, 0.3) is 0 Å². The van der Waals surface area contributed by atoms with Crippen molar-refractivity contribution in [2.45, 2.75) is 33.4 Å². The number of benzene rings is 2. The highest BCUT2D eigenvalue weighted by Gasteiger charge is 2.30. The van der Waals surface area contributed by atoms with Crippen molar-refractivity contribution in [3.8, 4) is 5.75 Å². The topological polar surface area (TPSA) is 41.8 Å². The van der Waals surface area contributed by atoms with Crippen LogP contribution in [0.3, 0.4) is 0 Å². The van der Waals surface area contributed by atoms with E-state index in [0.29, 0.717) is 0 Å². The molecule has 3 nitrogen and oxygen atoms in total. The Balaban J connectivity index is 0.000000924. The molecule has 0 bridgehead atoms. The minimum absolute atomic E-state index is 0.244. The maximum absolute atomic E-state index is 13.2. The second kappa shape index (κ2) is 6.50. The number of aryl methyl sites for hydroxylation is 2. The Hall–Kier alpha value is -2.20. The molecule has 0 atom stereocenters. The van der Waals surface area contributed by atoms with Crippen LogP contribution in [0.5, 0.6) is 5.75 Å². The van der Waals surface area contributed by atoms with E-state index in [0.717, 1.165) is 40.8 Å². The number of rotatable bonds is 1. The van der Waals surface area contributed by atoms with E-state index in [1.54, 1.807) is 12.1 Å². The third kappa shape index (κ3) is 3.59. The van der Waals surface area contributed by atoms with E-state index in [1.165, 1.54) is 12.1 Å². The number of hydrogen-bond donors (Lipinski definition) is 1. The predicted octanol–water partition coefficient (Wildman–Crippen LogP) is 4.02. The van der Waals surface area contributed by atoms with Crippen molar-refractivity contribution in [2.75, 3.05) is 7.11 Å². The molecule has 1 heterocycles. The highest BCUT2D eigenvalue weighted by molar-refractivity contribution is 6.16. The van der Waals surface area contributed by atoms with Gasteiger partial charge < -0.3 is 9.84 Å². The van der Waals surface area contributed by atoms with E-state index in [2.05, 4.69) is 6.07 Å². The van der Waals surface area contributed by atoms with Crippen molar-refractivity contribution in [3.05, 3.63) is 64.5 Å². The molecule has 2 aromatic carbocycles. The van der Waals surface area contributed by atoms with Crippen LogP contribution in [0.15, 0.2) is 41.4 Å². The average molecular weight is 315 g/mol. The second-order valence-corrected chi connectivity index (χ2v) is 5.97. The molecular weight excluding hydrogens is 293 g/mol. The number of aliphatic hydroxyl groups excluding tert-OH is 1. The van der Waals surface area contributed by atoms with Crippen LogP contribution in [-0.4, -0.2) is 23.7 Å². The number of aliphatic imine (C=N–C) groups is 1. The highest BCUT2D eigenvalue weighted by atomic mass is 19.1. The fraction of sp³-hybridized carbons (Fsp3) is 0.316. The number of ether oxygens (including phenoxy) is 1. The van der Waals surface area contributed by atoms with Crippen molar-refractivity contribution in [1.82, 2.24) is 0 Å². The Morgan fingerprint density at radius 2 is 1.65 bits per heavy atom. The van der Waals surface area contributed by atoms with E-state index in [4.69, 9.17) is 14.8 Å². The highest BCUT2D eigenvalue weighted by Crippen LogP contribution is 2.35. The van der Waals surface area contributed by atoms with E-state index in [-0.39, 0.29) is 5.82 Å². The lowest BCUT2D eigenvalue weighted by Gasteiger charge is -2.31. The molecule has 2 aromatic rings. The third-order valence-corrected chi connectivity index (χ3v) is 3.54. The second-order valence-electron chi connectivity index (χ2n) is 5.97. The number of hydrogen-bond acceptors (Lipinski definition) is 3. The summed E-state index contributed by atoms with van der Waals surface area (Å²) in [4.78, 5) is 4.72. The first kappa shape index (κ1) is 17.2. The molecule has 0 aromatic heterocycles. The van der Waals surface area contributed by atoms with Gasteiger partial charge in [0.15, 0.2) is 5.72 Å². The molecule has 0 fully saturated rings. The van der Waals surface area contributed by atoms with Crippen LogP contribution in [0.1, 0.15) is 36.1 Å². The summed E-state index contributed by atoms with van der Waals surface area (Å²) in [5.74, 6) is 0.596. The Morgan fingerprint density at radius 1 is 1.04 bits per heavy atom. The first-order chi connectivity index (χ1) is 10.9. The van der Waals surface area contributed by atoms with Crippen LogP contribution in [0, 0.1) is 19.7 Å². The molecule has 0 spiro atoms. The summed E-state index contributed by atoms with van der Waals surface area (Å²) in [6, 6.07) is 10.6. The fourth-order valence-electron chi connectivity index (χ4n) is 2.75. The third-order valence-electron chi connectivity index (χ3n) is 3.54. The molecule has 4 heteroatoms. The molecule has 0 saturated heterocycles. The first-order valence-electron chi connectivity index (χ1n) is 7.47. The van der Waals surface area contributed by atoms with Crippen LogP contribution in [0.25, 0.3) is 0 Å². The normalized spacial score (nSPS) is 14.8. The summed E-state index contributed by atoms with van der Waals surface area (Å²) in [6.45, 7) is 7.95. The van der Waals surface area contributed by atoms with Crippen LogP contribution < -0.4 is 4.74 Å². The lowest BCUT2D eigenvalue weighted by molar-refractivity contribution is 0.115. The summed E-state index contributed by atoms with van der Waals surface area (Å²) in [5.41, 5.74) is 4.40. The molecule has 0 unspecified atom stereocenters. The summed E-state index contributed by atoms with van der Waals surface area (Å²) in [6.07, 6.45) is 0. The molecule has 0 saturated carbocycles. The smallest absolute Gasteiger partial charge is 0.195 e. The summed E-state index contributed by atoms with van der Waals surface area (Å²) >= 11 is 0. The van der Waals surface area contributed by atoms with Crippen molar-refractivity contribution >= 4 is 5.71 Å². The Morgan fingerprint density at radius 3 is 2.26 bits per heavy atom. The predicted molar refractivity (Wildman–Crippen MR) is 90.8 cm³/mol. The van der Waals surface area contributed by atoms with Crippen molar-refractivity contribution in [2.24, 2.45) is 4.99 Å². The van der Waals surface area contributed by atoms with Gasteiger partial charge in [0, 0.05) is 18.2 Å². The van der Waals surface area contributed by atoms with E-state index in [9.17, 15) is 4.39 Å². The molecule has 1 aliphatic heterocycles. The van der Waals surface area contributed by atoms with Gasteiger partial charge in [0.1, 0.15) is 11.6 Å². The summed E-state index contributed by atoms with van der Waals surface area (Å²) < 4.78 is 19.2. The Kier molecular flexibility index (Phi) is 4.85. The lowest BCUT2D eigenvalue weighted by atomic mass is 9.94. The van der Waals surface area contributed by atoms with E-state index in [1.807, 2.05) is 33.8 Å². The molecule has 23 heavy (non-hydrogen) atoms. The SMILES string of the molecule is CO.Cc1cc(C)c2c(c1)OC(C)(C)N=C2c1ccc(F)cc1. The maximum Gasteiger partial charge on any atom is 0.195 e. The molecular formula is C19H22FNO2. The van der Waals surface area contributed by atoms with E-state index < -0.39 is 5.72 Å². The zero-order valence-corrected chi connectivity index (χ0v) is 14.1. The van der Waals surface area contributed by atoms with Gasteiger partial charge in [-0.3, -0.25) is 0 Å². The van der Waals surface area contributed by atoms with Gasteiger partial charge in [0.2, 0.25) is 0 Å². The van der Waals surface area contributed by atoms with E-state index >= 15 is 0 Å². The minimum Gasteiger partial charge on any atom is -0.466 e. The largest absolute Gasteiger partial charge is 0.466 e. The van der Waals surface area contributed by atoms with Gasteiger partial charge in [0.05, 0.1) is 5.71 Å². The molecule has 0 amide bonds. The summed E-state index contributed by atoms with van der Waals surface area (Å²) in [7, 11) is 1.00. The zero-order chi connectivity index (χ0) is 17.2. The van der Waals surface area contributed by atoms with Gasteiger partial charge in [-0.1, -0.05) is 6.07 Å². The van der Waals surface area contributed by atoms with Gasteiger partial charge >= 0.3 is 0 Å². The van der Waals surface area contributed by atoms with Crippen molar-refractivity contribution in [3.63, 3.8) is 0 Å². The van der Waals surface area contributed by atoms with Gasteiger partial charge in [-0.25, -0.2) is 9.38 Å². The maximum atomic E-state index is 13.2. The Bertz CT molecular complexity index is 734. The monoisotopic (exact) mass is 315 g/mol. The van der Waals surface area contributed by atoms with Crippen molar-refractivity contribution < 1.29 is 14.2 Å². The number of halogens is 1. The molecule has 3 rings (SSSR count). The van der Waals surface area contributed by atoms with Crippen LogP contribution in [0.2, 0.25) is 0 Å². The summed E-state index contributed by atoms with van der Waals surface area (Å²) in [5, 5.41) is 7.00. The minimum atomic E-state index is -0.628. The van der Waals surface area contributed by atoms with Gasteiger partial charge in [-0.15, -0.1) is 0 Å². The van der Waals surface area contributed by atoms with Crippen LogP contribution in [0.4, 0.5) is 4.39 Å². The number of fused-ring (bicyclic) bond motifs is 1. The average Bonchev–Trinajstić information content (AvgIpc) is 2.47. The van der Waals surface area contributed by atoms with Gasteiger partial charge in [-0.2, -0.15) is 0 Å². The van der Waals surface area contributed by atoms with Gasteiger partial charge in [-0.05, 0) is 69.2 Å². The Labute approximate surface area is 136 Å².